The average Bonchev–Trinajstić information content (AvgIpc) is 2.65. The quantitative estimate of drug-likeness (QED) is 0.824. The van der Waals surface area contributed by atoms with Crippen LogP contribution >= 0.6 is 0 Å². The summed E-state index contributed by atoms with van der Waals surface area (Å²) in [7, 11) is 1.26. The third-order valence-electron chi connectivity index (χ3n) is 2.04. The first-order valence-electron chi connectivity index (χ1n) is 4.17. The molecule has 0 saturated heterocycles. The number of rotatable bonds is 2. The average molecular weight is 221 g/mol. The predicted octanol–water partition coefficient (Wildman–Crippen LogP) is 1.57. The molecule has 1 rings (SSSR count). The highest BCUT2D eigenvalue weighted by Gasteiger charge is 2.42. The fourth-order valence-electron chi connectivity index (χ4n) is 0.985. The summed E-state index contributed by atoms with van der Waals surface area (Å²) in [4.78, 5) is 12.2. The first-order chi connectivity index (χ1) is 6.84. The molecule has 7 heteroatoms. The van der Waals surface area contributed by atoms with Crippen molar-refractivity contribution < 1.29 is 18.0 Å². The fourth-order valence-corrected chi connectivity index (χ4v) is 0.985. The topological polar surface area (TPSA) is 49.0 Å². The van der Waals surface area contributed by atoms with E-state index < -0.39 is 18.0 Å². The van der Waals surface area contributed by atoms with Gasteiger partial charge in [0.2, 0.25) is 5.91 Å². The van der Waals surface area contributed by atoms with Crippen molar-refractivity contribution >= 4 is 11.7 Å². The van der Waals surface area contributed by atoms with Gasteiger partial charge in [0, 0.05) is 13.1 Å². The first-order valence-corrected chi connectivity index (χ1v) is 4.17. The summed E-state index contributed by atoms with van der Waals surface area (Å²) in [6.07, 6.45) is -3.16. The zero-order valence-electron chi connectivity index (χ0n) is 8.17. The number of hydrogen-bond acceptors (Lipinski definition) is 2. The number of H-pyrrole nitrogens is 1. The molecule has 0 aliphatic rings. The SMILES string of the molecule is CC(C(=O)N(C)c1ccn[nH]1)C(F)(F)F. The Morgan fingerprint density at radius 3 is 2.60 bits per heavy atom. The second kappa shape index (κ2) is 3.92. The molecule has 0 aromatic carbocycles. The van der Waals surface area contributed by atoms with Crippen molar-refractivity contribution in [1.29, 1.82) is 0 Å². The lowest BCUT2D eigenvalue weighted by Crippen LogP contribution is -2.39. The predicted molar refractivity (Wildman–Crippen MR) is 47.2 cm³/mol. The normalized spacial score (nSPS) is 13.7. The van der Waals surface area contributed by atoms with Crippen LogP contribution in [0.2, 0.25) is 0 Å². The Morgan fingerprint density at radius 1 is 1.60 bits per heavy atom. The molecule has 1 atom stereocenters. The van der Waals surface area contributed by atoms with Gasteiger partial charge in [-0.2, -0.15) is 18.3 Å². The van der Waals surface area contributed by atoms with Crippen LogP contribution < -0.4 is 4.90 Å². The largest absolute Gasteiger partial charge is 0.400 e. The Balaban J connectivity index is 2.78. The van der Waals surface area contributed by atoms with Gasteiger partial charge >= 0.3 is 6.18 Å². The van der Waals surface area contributed by atoms with Crippen LogP contribution in [0.15, 0.2) is 12.3 Å². The molecule has 0 fully saturated rings. The van der Waals surface area contributed by atoms with Crippen LogP contribution in [-0.4, -0.2) is 29.3 Å². The van der Waals surface area contributed by atoms with Gasteiger partial charge in [-0.15, -0.1) is 0 Å². The van der Waals surface area contributed by atoms with E-state index >= 15 is 0 Å². The Hall–Kier alpha value is -1.53. The number of anilines is 1. The third kappa shape index (κ3) is 2.48. The highest BCUT2D eigenvalue weighted by atomic mass is 19.4. The molecule has 1 amide bonds. The van der Waals surface area contributed by atoms with Crippen LogP contribution in [0.25, 0.3) is 0 Å². The van der Waals surface area contributed by atoms with Gasteiger partial charge in [-0.25, -0.2) is 0 Å². The standard InChI is InChI=1S/C8H10F3N3O/c1-5(8(9,10)11)7(15)14(2)6-3-4-12-13-6/h3-5H,1-2H3,(H,12,13). The summed E-state index contributed by atoms with van der Waals surface area (Å²) in [6.45, 7) is 0.829. The summed E-state index contributed by atoms with van der Waals surface area (Å²) in [6, 6.07) is 1.42. The van der Waals surface area contributed by atoms with Crippen molar-refractivity contribution in [3.05, 3.63) is 12.3 Å². The lowest BCUT2D eigenvalue weighted by Gasteiger charge is -2.21. The fraction of sp³-hybridized carbons (Fsp3) is 0.500. The molecule has 1 unspecified atom stereocenters. The molecule has 0 aliphatic heterocycles. The first kappa shape index (κ1) is 11.5. The number of aromatic amines is 1. The minimum absolute atomic E-state index is 0.233. The number of hydrogen-bond donors (Lipinski definition) is 1. The monoisotopic (exact) mass is 221 g/mol. The molecule has 0 spiro atoms. The number of nitrogens with one attached hydrogen (secondary N) is 1. The zero-order chi connectivity index (χ0) is 11.6. The Kier molecular flexibility index (Phi) is 3.01. The van der Waals surface area contributed by atoms with Gasteiger partial charge in [0.1, 0.15) is 11.7 Å². The maximum absolute atomic E-state index is 12.2. The van der Waals surface area contributed by atoms with Crippen LogP contribution in [0, 0.1) is 5.92 Å². The Bertz CT molecular complexity index is 333. The van der Waals surface area contributed by atoms with Gasteiger partial charge < -0.3 is 0 Å². The van der Waals surface area contributed by atoms with Crippen LogP contribution in [0.4, 0.5) is 19.0 Å². The van der Waals surface area contributed by atoms with E-state index in [-0.39, 0.29) is 5.82 Å². The number of aromatic nitrogens is 2. The van der Waals surface area contributed by atoms with Crippen LogP contribution in [-0.2, 0) is 4.79 Å². The molecular weight excluding hydrogens is 211 g/mol. The Labute approximate surface area is 84.1 Å². The van der Waals surface area contributed by atoms with E-state index in [1.165, 1.54) is 19.3 Å². The maximum atomic E-state index is 12.2. The second-order valence-electron chi connectivity index (χ2n) is 3.10. The van der Waals surface area contributed by atoms with Gasteiger partial charge in [0.15, 0.2) is 0 Å². The molecule has 1 N–H and O–H groups in total. The molecule has 1 heterocycles. The summed E-state index contributed by atoms with van der Waals surface area (Å²) < 4.78 is 36.7. The van der Waals surface area contributed by atoms with Gasteiger partial charge in [-0.05, 0) is 6.92 Å². The van der Waals surface area contributed by atoms with Crippen molar-refractivity contribution in [2.24, 2.45) is 5.92 Å². The van der Waals surface area contributed by atoms with Crippen LogP contribution in [0.5, 0.6) is 0 Å². The number of carbonyl (C=O) groups excluding carboxylic acids is 1. The minimum atomic E-state index is -4.52. The van der Waals surface area contributed by atoms with E-state index in [9.17, 15) is 18.0 Å². The van der Waals surface area contributed by atoms with Crippen molar-refractivity contribution in [3.8, 4) is 0 Å². The zero-order valence-corrected chi connectivity index (χ0v) is 8.17. The Morgan fingerprint density at radius 2 is 2.20 bits per heavy atom. The van der Waals surface area contributed by atoms with Crippen molar-refractivity contribution in [3.63, 3.8) is 0 Å². The molecular formula is C8H10F3N3O. The summed E-state index contributed by atoms with van der Waals surface area (Å²) >= 11 is 0. The lowest BCUT2D eigenvalue weighted by molar-refractivity contribution is -0.177. The lowest BCUT2D eigenvalue weighted by atomic mass is 10.1. The highest BCUT2D eigenvalue weighted by molar-refractivity contribution is 5.93. The smallest absolute Gasteiger partial charge is 0.300 e. The van der Waals surface area contributed by atoms with E-state index in [2.05, 4.69) is 10.2 Å². The number of halogens is 3. The molecule has 0 saturated carbocycles. The van der Waals surface area contributed by atoms with E-state index in [1.54, 1.807) is 0 Å². The van der Waals surface area contributed by atoms with Gasteiger partial charge in [0.25, 0.3) is 0 Å². The molecule has 84 valence electrons. The molecule has 1 aromatic rings. The maximum Gasteiger partial charge on any atom is 0.400 e. The highest BCUT2D eigenvalue weighted by Crippen LogP contribution is 2.27. The summed E-state index contributed by atoms with van der Waals surface area (Å²) in [5, 5.41) is 5.96. The number of alkyl halides is 3. The molecule has 1 aromatic heterocycles. The molecule has 15 heavy (non-hydrogen) atoms. The van der Waals surface area contributed by atoms with Gasteiger partial charge in [-0.3, -0.25) is 14.8 Å². The summed E-state index contributed by atoms with van der Waals surface area (Å²) in [5.74, 6) is -2.81. The number of amides is 1. The van der Waals surface area contributed by atoms with Gasteiger partial charge in [-0.1, -0.05) is 0 Å². The van der Waals surface area contributed by atoms with Crippen molar-refractivity contribution in [1.82, 2.24) is 10.2 Å². The summed E-state index contributed by atoms with van der Waals surface area (Å²) in [5.41, 5.74) is 0. The van der Waals surface area contributed by atoms with Gasteiger partial charge in [0.05, 0.1) is 6.20 Å². The van der Waals surface area contributed by atoms with E-state index in [0.29, 0.717) is 0 Å². The van der Waals surface area contributed by atoms with E-state index in [0.717, 1.165) is 11.8 Å². The molecule has 0 aliphatic carbocycles. The van der Waals surface area contributed by atoms with E-state index in [1.807, 2.05) is 0 Å². The molecule has 0 radical (unpaired) electrons. The number of carbonyl (C=O) groups is 1. The molecule has 4 nitrogen and oxygen atoms in total. The van der Waals surface area contributed by atoms with Crippen molar-refractivity contribution in [2.75, 3.05) is 11.9 Å². The minimum Gasteiger partial charge on any atom is -0.300 e. The van der Waals surface area contributed by atoms with E-state index in [4.69, 9.17) is 0 Å². The van der Waals surface area contributed by atoms with Crippen molar-refractivity contribution in [2.45, 2.75) is 13.1 Å². The molecule has 0 bridgehead atoms. The number of nitrogens with zero attached hydrogens (tertiary/aromatic N) is 2. The van der Waals surface area contributed by atoms with Crippen LogP contribution in [0.3, 0.4) is 0 Å². The second-order valence-corrected chi connectivity index (χ2v) is 3.10. The third-order valence-corrected chi connectivity index (χ3v) is 2.04. The van der Waals surface area contributed by atoms with Crippen LogP contribution in [0.1, 0.15) is 6.92 Å².